The van der Waals surface area contributed by atoms with E-state index < -0.39 is 0 Å². The number of hydrogen-bond donors (Lipinski definition) is 1. The number of fused-ring (bicyclic) bond motifs is 3. The smallest absolute Gasteiger partial charge is 0.254 e. The van der Waals surface area contributed by atoms with Crippen LogP contribution in [0.2, 0.25) is 0 Å². The van der Waals surface area contributed by atoms with Crippen molar-refractivity contribution in [3.8, 4) is 0 Å². The van der Waals surface area contributed by atoms with Gasteiger partial charge in [-0.05, 0) is 50.8 Å². The molecule has 2 aliphatic rings. The topological polar surface area (TPSA) is 50.2 Å². The number of aromatic nitrogens is 2. The average molecular weight is 386 g/mol. The molecule has 148 valence electrons. The van der Waals surface area contributed by atoms with E-state index in [9.17, 15) is 4.79 Å². The fourth-order valence-electron chi connectivity index (χ4n) is 4.57. The molecule has 3 aromatic rings. The first-order valence-corrected chi connectivity index (χ1v) is 10.4. The molecule has 0 aliphatic carbocycles. The first-order chi connectivity index (χ1) is 14.1. The molecule has 0 unspecified atom stereocenters. The van der Waals surface area contributed by atoms with E-state index in [1.807, 2.05) is 30.0 Å². The highest BCUT2D eigenvalue weighted by atomic mass is 16.2. The molecule has 1 fully saturated rings. The number of benzene rings is 2. The van der Waals surface area contributed by atoms with E-state index in [1.165, 1.54) is 12.0 Å². The van der Waals surface area contributed by atoms with Gasteiger partial charge >= 0.3 is 0 Å². The van der Waals surface area contributed by atoms with E-state index in [4.69, 9.17) is 4.98 Å². The number of likely N-dealkylation sites (tertiary alicyclic amines) is 1. The molecule has 3 heterocycles. The molecule has 5 heteroatoms. The van der Waals surface area contributed by atoms with Crippen molar-refractivity contribution in [2.75, 3.05) is 18.4 Å². The van der Waals surface area contributed by atoms with Crippen molar-refractivity contribution in [3.63, 3.8) is 0 Å². The molecule has 0 bridgehead atoms. The van der Waals surface area contributed by atoms with E-state index >= 15 is 0 Å². The molecule has 1 N–H and O–H groups in total. The lowest BCUT2D eigenvalue weighted by molar-refractivity contribution is -0.128. The van der Waals surface area contributed by atoms with Crippen LogP contribution in [0.4, 0.5) is 5.95 Å². The second-order valence-corrected chi connectivity index (χ2v) is 8.12. The number of para-hydroxylation sites is 2. The molecule has 1 amide bonds. The van der Waals surface area contributed by atoms with Gasteiger partial charge in [-0.2, -0.15) is 0 Å². The monoisotopic (exact) mass is 386 g/mol. The summed E-state index contributed by atoms with van der Waals surface area (Å²) in [6.07, 6.45) is 3.37. The van der Waals surface area contributed by atoms with E-state index in [0.717, 1.165) is 59.7 Å². The van der Waals surface area contributed by atoms with Crippen LogP contribution in [-0.2, 0) is 4.79 Å². The van der Waals surface area contributed by atoms with Gasteiger partial charge < -0.3 is 10.2 Å². The van der Waals surface area contributed by atoms with Gasteiger partial charge in [0.1, 0.15) is 0 Å². The number of aryl methyl sites for hydroxylation is 1. The summed E-state index contributed by atoms with van der Waals surface area (Å²) in [5, 5.41) is 3.41. The highest BCUT2D eigenvalue weighted by molar-refractivity contribution is 5.98. The number of piperidine rings is 1. The second-order valence-electron chi connectivity index (χ2n) is 8.12. The zero-order chi connectivity index (χ0) is 20.0. The van der Waals surface area contributed by atoms with Gasteiger partial charge in [-0.3, -0.25) is 9.36 Å². The molecule has 0 saturated carbocycles. The van der Waals surface area contributed by atoms with Crippen molar-refractivity contribution in [2.24, 2.45) is 0 Å². The van der Waals surface area contributed by atoms with Crippen molar-refractivity contribution in [1.29, 1.82) is 0 Å². The lowest BCUT2D eigenvalue weighted by Crippen LogP contribution is -2.40. The number of rotatable bonds is 2. The number of nitrogens with zero attached hydrogens (tertiary/aromatic N) is 3. The van der Waals surface area contributed by atoms with Crippen molar-refractivity contribution in [1.82, 2.24) is 14.5 Å². The standard InChI is InChI=1S/C24H26N4O/c1-16-10-12-18(13-11-16)22-21(23(29)27-14-6-3-7-15-27)17(2)25-24-26-19-8-4-5-9-20(19)28(22)24/h4-5,8-13,22H,3,6-7,14-15H2,1-2H3,(H,25,26)/t22-/m0/s1. The van der Waals surface area contributed by atoms with Crippen molar-refractivity contribution >= 4 is 22.9 Å². The predicted octanol–water partition coefficient (Wildman–Crippen LogP) is 4.65. The Morgan fingerprint density at radius 1 is 1.00 bits per heavy atom. The van der Waals surface area contributed by atoms with Gasteiger partial charge in [0.25, 0.3) is 5.91 Å². The highest BCUT2D eigenvalue weighted by Crippen LogP contribution is 2.40. The molecule has 2 aliphatic heterocycles. The quantitative estimate of drug-likeness (QED) is 0.698. The average Bonchev–Trinajstić information content (AvgIpc) is 3.11. The number of allylic oxidation sites excluding steroid dienone is 1. The van der Waals surface area contributed by atoms with Gasteiger partial charge in [0.2, 0.25) is 5.95 Å². The summed E-state index contributed by atoms with van der Waals surface area (Å²) in [7, 11) is 0. The van der Waals surface area contributed by atoms with Crippen LogP contribution >= 0.6 is 0 Å². The van der Waals surface area contributed by atoms with Crippen molar-refractivity contribution in [2.45, 2.75) is 39.2 Å². The molecule has 0 spiro atoms. The number of imidazole rings is 1. The number of carbonyl (C=O) groups is 1. The Balaban J connectivity index is 1.69. The Kier molecular flexibility index (Phi) is 4.38. The van der Waals surface area contributed by atoms with Crippen LogP contribution in [0.5, 0.6) is 0 Å². The Morgan fingerprint density at radius 2 is 1.72 bits per heavy atom. The van der Waals surface area contributed by atoms with Crippen LogP contribution in [0, 0.1) is 6.92 Å². The maximum atomic E-state index is 13.7. The zero-order valence-corrected chi connectivity index (χ0v) is 17.0. The lowest BCUT2D eigenvalue weighted by Gasteiger charge is -2.35. The summed E-state index contributed by atoms with van der Waals surface area (Å²) in [5.74, 6) is 0.938. The van der Waals surface area contributed by atoms with E-state index in [2.05, 4.69) is 47.1 Å². The van der Waals surface area contributed by atoms with Gasteiger partial charge in [-0.25, -0.2) is 4.98 Å². The summed E-state index contributed by atoms with van der Waals surface area (Å²) in [6.45, 7) is 5.77. The Bertz CT molecular complexity index is 1100. The third-order valence-corrected chi connectivity index (χ3v) is 6.10. The van der Waals surface area contributed by atoms with E-state index in [0.29, 0.717) is 0 Å². The Hall–Kier alpha value is -3.08. The van der Waals surface area contributed by atoms with Crippen molar-refractivity contribution < 1.29 is 4.79 Å². The minimum Gasteiger partial charge on any atom is -0.339 e. The van der Waals surface area contributed by atoms with Gasteiger partial charge in [0, 0.05) is 18.8 Å². The predicted molar refractivity (Wildman–Crippen MR) is 116 cm³/mol. The summed E-state index contributed by atoms with van der Waals surface area (Å²) in [5.41, 5.74) is 6.02. The zero-order valence-electron chi connectivity index (χ0n) is 17.0. The summed E-state index contributed by atoms with van der Waals surface area (Å²) in [6, 6.07) is 16.5. The van der Waals surface area contributed by atoms with Crippen LogP contribution in [0.3, 0.4) is 0 Å². The van der Waals surface area contributed by atoms with Crippen LogP contribution in [0.25, 0.3) is 11.0 Å². The SMILES string of the molecule is CC1=C(C(=O)N2CCCCC2)[C@H](c2ccc(C)cc2)n2c(nc3ccccc32)N1. The molecule has 1 atom stereocenters. The summed E-state index contributed by atoms with van der Waals surface area (Å²) < 4.78 is 2.18. The molecular formula is C24H26N4O. The largest absolute Gasteiger partial charge is 0.339 e. The normalized spacial score (nSPS) is 19.2. The first-order valence-electron chi connectivity index (χ1n) is 10.4. The van der Waals surface area contributed by atoms with Gasteiger partial charge in [-0.15, -0.1) is 0 Å². The number of anilines is 1. The fourth-order valence-corrected chi connectivity index (χ4v) is 4.57. The van der Waals surface area contributed by atoms with Crippen molar-refractivity contribution in [3.05, 3.63) is 70.9 Å². The number of hydrogen-bond acceptors (Lipinski definition) is 3. The van der Waals surface area contributed by atoms with Crippen LogP contribution in [-0.4, -0.2) is 33.4 Å². The Labute approximate surface area is 171 Å². The van der Waals surface area contributed by atoms with Gasteiger partial charge in [0.15, 0.2) is 0 Å². The molecule has 1 saturated heterocycles. The molecule has 2 aromatic carbocycles. The maximum absolute atomic E-state index is 13.7. The maximum Gasteiger partial charge on any atom is 0.254 e. The highest BCUT2D eigenvalue weighted by Gasteiger charge is 2.36. The third kappa shape index (κ3) is 3.01. The van der Waals surface area contributed by atoms with E-state index in [-0.39, 0.29) is 11.9 Å². The van der Waals surface area contributed by atoms with Crippen LogP contribution in [0.1, 0.15) is 43.4 Å². The molecule has 29 heavy (non-hydrogen) atoms. The molecule has 0 radical (unpaired) electrons. The minimum atomic E-state index is -0.186. The molecule has 5 rings (SSSR count). The van der Waals surface area contributed by atoms with Gasteiger partial charge in [0.05, 0.1) is 22.6 Å². The lowest BCUT2D eigenvalue weighted by atomic mass is 9.93. The molecular weight excluding hydrogens is 360 g/mol. The number of amides is 1. The minimum absolute atomic E-state index is 0.142. The van der Waals surface area contributed by atoms with Crippen LogP contribution < -0.4 is 5.32 Å². The molecule has 5 nitrogen and oxygen atoms in total. The van der Waals surface area contributed by atoms with E-state index in [1.54, 1.807) is 0 Å². The third-order valence-electron chi connectivity index (χ3n) is 6.10. The number of carbonyl (C=O) groups excluding carboxylic acids is 1. The Morgan fingerprint density at radius 3 is 2.48 bits per heavy atom. The van der Waals surface area contributed by atoms with Crippen LogP contribution in [0.15, 0.2) is 59.8 Å². The summed E-state index contributed by atoms with van der Waals surface area (Å²) in [4.78, 5) is 20.5. The number of nitrogens with one attached hydrogen (secondary N) is 1. The second kappa shape index (κ2) is 7.07. The van der Waals surface area contributed by atoms with Gasteiger partial charge in [-0.1, -0.05) is 42.0 Å². The fraction of sp³-hybridized carbons (Fsp3) is 0.333. The molecule has 1 aromatic heterocycles. The summed E-state index contributed by atoms with van der Waals surface area (Å²) >= 11 is 0. The first kappa shape index (κ1) is 18.0.